The third kappa shape index (κ3) is 1.78. The second kappa shape index (κ2) is 3.44. The van der Waals surface area contributed by atoms with Crippen molar-refractivity contribution in [2.45, 2.75) is 26.1 Å². The van der Waals surface area contributed by atoms with Gasteiger partial charge in [-0.25, -0.2) is 4.39 Å². The fraction of sp³-hybridized carbons (Fsp3) is 0.400. The molecule has 0 saturated heterocycles. The molecule has 0 fully saturated rings. The average Bonchev–Trinajstić information content (AvgIpc) is 1.82. The molecule has 1 aromatic rings. The van der Waals surface area contributed by atoms with Gasteiger partial charge in [0.25, 0.3) is 0 Å². The molecule has 2 heteroatoms. The predicted molar refractivity (Wildman–Crippen MR) is 50.1 cm³/mol. The van der Waals surface area contributed by atoms with Crippen molar-refractivity contribution >= 4 is 11.6 Å². The lowest BCUT2D eigenvalue weighted by Crippen LogP contribution is -1.95. The second-order valence-corrected chi connectivity index (χ2v) is 3.72. The molecule has 1 unspecified atom stereocenters. The van der Waals surface area contributed by atoms with Crippen LogP contribution < -0.4 is 0 Å². The molecule has 12 heavy (non-hydrogen) atoms. The maximum atomic E-state index is 12.8. The van der Waals surface area contributed by atoms with Crippen LogP contribution in [0.25, 0.3) is 0 Å². The molecule has 0 radical (unpaired) electrons. The molecule has 0 nitrogen and oxygen atoms in total. The molecular weight excluding hydrogens is 175 g/mol. The quantitative estimate of drug-likeness (QED) is 0.587. The third-order valence-corrected chi connectivity index (χ3v) is 2.17. The van der Waals surface area contributed by atoms with Crippen LogP contribution in [0.15, 0.2) is 12.1 Å². The first-order valence-electron chi connectivity index (χ1n) is 3.93. The van der Waals surface area contributed by atoms with E-state index in [9.17, 15) is 4.39 Å². The van der Waals surface area contributed by atoms with Gasteiger partial charge in [0.1, 0.15) is 5.82 Å². The zero-order valence-electron chi connectivity index (χ0n) is 7.49. The van der Waals surface area contributed by atoms with E-state index in [1.165, 1.54) is 12.1 Å². The van der Waals surface area contributed by atoms with Crippen molar-refractivity contribution in [2.24, 2.45) is 0 Å². The summed E-state index contributed by atoms with van der Waals surface area (Å²) in [6, 6.07) is 3.03. The zero-order chi connectivity index (χ0) is 9.30. The van der Waals surface area contributed by atoms with E-state index >= 15 is 0 Å². The minimum atomic E-state index is -0.189. The predicted octanol–water partition coefficient (Wildman–Crippen LogP) is 3.74. The van der Waals surface area contributed by atoms with Crippen molar-refractivity contribution in [1.82, 2.24) is 0 Å². The van der Waals surface area contributed by atoms with Crippen LogP contribution in [-0.2, 0) is 0 Å². The number of alkyl halides is 1. The van der Waals surface area contributed by atoms with E-state index < -0.39 is 0 Å². The average molecular weight is 187 g/mol. The summed E-state index contributed by atoms with van der Waals surface area (Å²) < 4.78 is 12.8. The molecule has 0 heterocycles. The summed E-state index contributed by atoms with van der Waals surface area (Å²) in [5.41, 5.74) is 2.89. The first kappa shape index (κ1) is 9.53. The highest BCUT2D eigenvalue weighted by atomic mass is 35.5. The van der Waals surface area contributed by atoms with Gasteiger partial charge in [-0.2, -0.15) is 0 Å². The van der Waals surface area contributed by atoms with Crippen molar-refractivity contribution in [1.29, 1.82) is 0 Å². The van der Waals surface area contributed by atoms with Crippen molar-refractivity contribution in [3.63, 3.8) is 0 Å². The van der Waals surface area contributed by atoms with Crippen LogP contribution >= 0.6 is 11.6 Å². The van der Waals surface area contributed by atoms with E-state index in [4.69, 9.17) is 11.6 Å². The molecule has 0 N–H and O–H groups in total. The Bertz CT molecular complexity index is 269. The molecule has 0 aromatic heterocycles. The van der Waals surface area contributed by atoms with Crippen molar-refractivity contribution in [2.75, 3.05) is 0 Å². The molecule has 0 saturated carbocycles. The van der Waals surface area contributed by atoms with Crippen molar-refractivity contribution < 1.29 is 4.39 Å². The van der Waals surface area contributed by atoms with E-state index in [2.05, 4.69) is 0 Å². The maximum absolute atomic E-state index is 12.8. The number of halogens is 2. The monoisotopic (exact) mass is 186 g/mol. The summed E-state index contributed by atoms with van der Waals surface area (Å²) in [7, 11) is 0. The summed E-state index contributed by atoms with van der Waals surface area (Å²) in [6.45, 7) is 5.66. The molecule has 0 spiro atoms. The van der Waals surface area contributed by atoms with Crippen LogP contribution in [0.5, 0.6) is 0 Å². The number of hydrogen-bond donors (Lipinski definition) is 0. The maximum Gasteiger partial charge on any atom is 0.123 e. The van der Waals surface area contributed by atoms with Gasteiger partial charge in [-0.1, -0.05) is 0 Å². The van der Waals surface area contributed by atoms with E-state index in [0.717, 1.165) is 16.7 Å². The topological polar surface area (TPSA) is 0 Å². The third-order valence-electron chi connectivity index (χ3n) is 1.96. The van der Waals surface area contributed by atoms with Crippen LogP contribution in [-0.4, -0.2) is 0 Å². The Morgan fingerprint density at radius 3 is 2.00 bits per heavy atom. The second-order valence-electron chi connectivity index (χ2n) is 3.07. The molecule has 0 aliphatic heterocycles. The van der Waals surface area contributed by atoms with Gasteiger partial charge in [-0.3, -0.25) is 0 Å². The van der Waals surface area contributed by atoms with Gasteiger partial charge in [0, 0.05) is 0 Å². The van der Waals surface area contributed by atoms with Crippen LogP contribution in [0.2, 0.25) is 0 Å². The highest BCUT2D eigenvalue weighted by molar-refractivity contribution is 6.20. The Kier molecular flexibility index (Phi) is 2.73. The largest absolute Gasteiger partial charge is 0.207 e. The number of aryl methyl sites for hydroxylation is 2. The molecule has 0 aliphatic rings. The van der Waals surface area contributed by atoms with Crippen molar-refractivity contribution in [3.8, 4) is 0 Å². The lowest BCUT2D eigenvalue weighted by atomic mass is 10.0. The highest BCUT2D eigenvalue weighted by Crippen LogP contribution is 2.27. The van der Waals surface area contributed by atoms with Crippen molar-refractivity contribution in [3.05, 3.63) is 34.6 Å². The Labute approximate surface area is 77.4 Å². The normalized spacial score (nSPS) is 13.1. The Hall–Kier alpha value is -0.560. The molecule has 66 valence electrons. The van der Waals surface area contributed by atoms with Gasteiger partial charge in [-0.05, 0) is 49.6 Å². The zero-order valence-corrected chi connectivity index (χ0v) is 8.24. The van der Waals surface area contributed by atoms with Gasteiger partial charge in [0.05, 0.1) is 5.38 Å². The van der Waals surface area contributed by atoms with Gasteiger partial charge >= 0.3 is 0 Å². The molecule has 1 rings (SSSR count). The summed E-state index contributed by atoms with van der Waals surface area (Å²) in [4.78, 5) is 0. The van der Waals surface area contributed by atoms with E-state index in [1.54, 1.807) is 0 Å². The number of benzene rings is 1. The molecular formula is C10H12ClF. The van der Waals surface area contributed by atoms with Crippen LogP contribution in [0, 0.1) is 19.7 Å². The SMILES string of the molecule is Cc1cc(F)cc(C)c1C(C)Cl. The minimum Gasteiger partial charge on any atom is -0.207 e. The van der Waals surface area contributed by atoms with Crippen LogP contribution in [0.3, 0.4) is 0 Å². The van der Waals surface area contributed by atoms with E-state index in [-0.39, 0.29) is 11.2 Å². The summed E-state index contributed by atoms with van der Waals surface area (Å²) in [5, 5.41) is -0.0504. The Morgan fingerprint density at radius 2 is 1.67 bits per heavy atom. The van der Waals surface area contributed by atoms with E-state index in [0.29, 0.717) is 0 Å². The molecule has 0 aliphatic carbocycles. The molecule has 1 atom stereocenters. The minimum absolute atomic E-state index is 0.0504. The van der Waals surface area contributed by atoms with Crippen LogP contribution in [0.4, 0.5) is 4.39 Å². The number of hydrogen-bond acceptors (Lipinski definition) is 0. The Morgan fingerprint density at radius 1 is 1.25 bits per heavy atom. The highest BCUT2D eigenvalue weighted by Gasteiger charge is 2.09. The Balaban J connectivity index is 3.28. The smallest absolute Gasteiger partial charge is 0.123 e. The molecule has 0 amide bonds. The number of rotatable bonds is 1. The van der Waals surface area contributed by atoms with Gasteiger partial charge in [0.15, 0.2) is 0 Å². The van der Waals surface area contributed by atoms with E-state index in [1.807, 2.05) is 20.8 Å². The molecule has 1 aromatic carbocycles. The molecule has 0 bridgehead atoms. The fourth-order valence-electron chi connectivity index (χ4n) is 1.55. The van der Waals surface area contributed by atoms with Gasteiger partial charge < -0.3 is 0 Å². The first-order chi connectivity index (χ1) is 5.52. The van der Waals surface area contributed by atoms with Crippen LogP contribution in [0.1, 0.15) is 29.0 Å². The summed E-state index contributed by atoms with van der Waals surface area (Å²) >= 11 is 5.94. The standard InChI is InChI=1S/C10H12ClF/c1-6-4-9(12)5-7(2)10(6)8(3)11/h4-5,8H,1-3H3. The van der Waals surface area contributed by atoms with Gasteiger partial charge in [-0.15, -0.1) is 11.6 Å². The fourth-order valence-corrected chi connectivity index (χ4v) is 1.89. The van der Waals surface area contributed by atoms with Gasteiger partial charge in [0.2, 0.25) is 0 Å². The lowest BCUT2D eigenvalue weighted by molar-refractivity contribution is 0.624. The lowest BCUT2D eigenvalue weighted by Gasteiger charge is -2.11. The summed E-state index contributed by atoms with van der Waals surface area (Å²) in [5.74, 6) is -0.189. The first-order valence-corrected chi connectivity index (χ1v) is 4.36. The summed E-state index contributed by atoms with van der Waals surface area (Å²) in [6.07, 6.45) is 0.